The Bertz CT molecular complexity index is 250. The smallest absolute Gasteiger partial charge is 0.0897 e. The van der Waals surface area contributed by atoms with Crippen LogP contribution in [0.5, 0.6) is 0 Å². The van der Waals surface area contributed by atoms with Crippen molar-refractivity contribution in [2.24, 2.45) is 5.92 Å². The zero-order chi connectivity index (χ0) is 15.5. The highest BCUT2D eigenvalue weighted by Gasteiger charge is 2.19. The van der Waals surface area contributed by atoms with Gasteiger partial charge in [-0.1, -0.05) is 33.1 Å². The summed E-state index contributed by atoms with van der Waals surface area (Å²) in [6.07, 6.45) is 6.89. The molecule has 21 heavy (non-hydrogen) atoms. The van der Waals surface area contributed by atoms with Crippen LogP contribution in [0.15, 0.2) is 0 Å². The lowest BCUT2D eigenvalue weighted by Crippen LogP contribution is -2.42. The number of nitrogens with one attached hydrogen (secondary N) is 1. The van der Waals surface area contributed by atoms with Crippen LogP contribution in [0, 0.1) is 5.92 Å². The van der Waals surface area contributed by atoms with Crippen LogP contribution in [0.4, 0.5) is 0 Å². The minimum Gasteiger partial charge on any atom is -0.389 e. The van der Waals surface area contributed by atoms with E-state index < -0.39 is 6.10 Å². The van der Waals surface area contributed by atoms with Crippen molar-refractivity contribution in [3.8, 4) is 0 Å². The van der Waals surface area contributed by atoms with Crippen molar-refractivity contribution in [3.63, 3.8) is 0 Å². The van der Waals surface area contributed by atoms with Gasteiger partial charge in [-0.25, -0.2) is 0 Å². The molecule has 1 rings (SSSR count). The van der Waals surface area contributed by atoms with E-state index >= 15 is 0 Å². The summed E-state index contributed by atoms with van der Waals surface area (Å²) in [4.78, 5) is 0. The molecule has 0 aliphatic carbocycles. The molecule has 0 bridgehead atoms. The fourth-order valence-corrected chi connectivity index (χ4v) is 2.81. The van der Waals surface area contributed by atoms with E-state index in [0.29, 0.717) is 31.2 Å². The highest BCUT2D eigenvalue weighted by molar-refractivity contribution is 4.75. The third kappa shape index (κ3) is 8.77. The largest absolute Gasteiger partial charge is 0.389 e. The van der Waals surface area contributed by atoms with Gasteiger partial charge in [0.1, 0.15) is 0 Å². The van der Waals surface area contributed by atoms with Crippen molar-refractivity contribution >= 4 is 0 Å². The molecular weight excluding hydrogens is 266 g/mol. The molecule has 4 atom stereocenters. The highest BCUT2D eigenvalue weighted by atomic mass is 16.5. The molecule has 1 saturated heterocycles. The second-order valence-electron chi connectivity index (χ2n) is 6.42. The van der Waals surface area contributed by atoms with Crippen LogP contribution < -0.4 is 5.32 Å². The summed E-state index contributed by atoms with van der Waals surface area (Å²) in [5.74, 6) is 0.640. The van der Waals surface area contributed by atoms with Crippen LogP contribution in [-0.2, 0) is 9.47 Å². The summed E-state index contributed by atoms with van der Waals surface area (Å²) in [5.41, 5.74) is 0. The predicted octanol–water partition coefficient (Wildman–Crippen LogP) is 2.74. The van der Waals surface area contributed by atoms with E-state index in [1.54, 1.807) is 0 Å². The predicted molar refractivity (Wildman–Crippen MR) is 86.6 cm³/mol. The monoisotopic (exact) mass is 301 g/mol. The Morgan fingerprint density at radius 2 is 2.14 bits per heavy atom. The van der Waals surface area contributed by atoms with Crippen molar-refractivity contribution in [2.75, 3.05) is 26.4 Å². The molecule has 4 heteroatoms. The minimum absolute atomic E-state index is 0.327. The van der Waals surface area contributed by atoms with Gasteiger partial charge < -0.3 is 19.9 Å². The first-order valence-corrected chi connectivity index (χ1v) is 8.76. The Kier molecular flexibility index (Phi) is 10.3. The number of hydrogen-bond acceptors (Lipinski definition) is 4. The van der Waals surface area contributed by atoms with E-state index in [1.165, 1.54) is 19.3 Å². The van der Waals surface area contributed by atoms with E-state index in [0.717, 1.165) is 32.5 Å². The topological polar surface area (TPSA) is 50.7 Å². The van der Waals surface area contributed by atoms with Crippen molar-refractivity contribution < 1.29 is 14.6 Å². The molecule has 126 valence electrons. The van der Waals surface area contributed by atoms with Crippen LogP contribution in [0.1, 0.15) is 59.3 Å². The summed E-state index contributed by atoms with van der Waals surface area (Å²) >= 11 is 0. The molecule has 1 heterocycles. The van der Waals surface area contributed by atoms with Crippen LogP contribution in [-0.4, -0.2) is 49.7 Å². The van der Waals surface area contributed by atoms with E-state index in [4.69, 9.17) is 9.47 Å². The molecule has 0 aromatic carbocycles. The van der Waals surface area contributed by atoms with Crippen LogP contribution in [0.3, 0.4) is 0 Å². The average Bonchev–Trinajstić information content (AvgIpc) is 2.48. The molecule has 1 aliphatic rings. The molecule has 0 spiro atoms. The van der Waals surface area contributed by atoms with Gasteiger partial charge in [0, 0.05) is 25.8 Å². The summed E-state index contributed by atoms with van der Waals surface area (Å²) < 4.78 is 11.2. The Morgan fingerprint density at radius 1 is 1.33 bits per heavy atom. The van der Waals surface area contributed by atoms with Gasteiger partial charge in [-0.2, -0.15) is 0 Å². The maximum absolute atomic E-state index is 9.99. The third-order valence-corrected chi connectivity index (χ3v) is 4.33. The second kappa shape index (κ2) is 11.4. The molecule has 1 aliphatic heterocycles. The lowest BCUT2D eigenvalue weighted by molar-refractivity contribution is 0.000437. The summed E-state index contributed by atoms with van der Waals surface area (Å²) in [6, 6.07) is 0.469. The molecule has 0 aromatic rings. The zero-order valence-corrected chi connectivity index (χ0v) is 14.1. The van der Waals surface area contributed by atoms with E-state index in [-0.39, 0.29) is 0 Å². The number of aliphatic hydroxyl groups is 1. The van der Waals surface area contributed by atoms with E-state index in [2.05, 4.69) is 26.1 Å². The van der Waals surface area contributed by atoms with Crippen LogP contribution in [0.25, 0.3) is 0 Å². The Balaban J connectivity index is 2.06. The Labute approximate surface area is 130 Å². The fraction of sp³-hybridized carbons (Fsp3) is 1.00. The maximum Gasteiger partial charge on any atom is 0.0897 e. The first kappa shape index (κ1) is 18.9. The van der Waals surface area contributed by atoms with Gasteiger partial charge in [0.15, 0.2) is 0 Å². The number of hydrogen-bond donors (Lipinski definition) is 2. The molecule has 0 aromatic heterocycles. The van der Waals surface area contributed by atoms with Crippen LogP contribution in [0.2, 0.25) is 0 Å². The maximum atomic E-state index is 9.99. The van der Waals surface area contributed by atoms with Gasteiger partial charge in [-0.05, 0) is 32.1 Å². The summed E-state index contributed by atoms with van der Waals surface area (Å²) in [6.45, 7) is 9.20. The van der Waals surface area contributed by atoms with Gasteiger partial charge in [0.25, 0.3) is 0 Å². The van der Waals surface area contributed by atoms with Gasteiger partial charge in [0.2, 0.25) is 0 Å². The quantitative estimate of drug-likeness (QED) is 0.616. The van der Waals surface area contributed by atoms with Crippen LogP contribution >= 0.6 is 0 Å². The highest BCUT2D eigenvalue weighted by Crippen LogP contribution is 2.14. The van der Waals surface area contributed by atoms with E-state index in [9.17, 15) is 5.11 Å². The number of unbranched alkanes of at least 4 members (excludes halogenated alkanes) is 1. The van der Waals surface area contributed by atoms with Crippen molar-refractivity contribution in [3.05, 3.63) is 0 Å². The standard InChI is InChI=1S/C17H35NO3/c1-4-6-7-15(5-2)12-20-13-17(19)11-18-16-8-9-21-14(3)10-16/h14-19H,4-13H2,1-3H3. The minimum atomic E-state index is -0.410. The van der Waals surface area contributed by atoms with E-state index in [1.807, 2.05) is 0 Å². The van der Waals surface area contributed by atoms with Crippen molar-refractivity contribution in [1.29, 1.82) is 0 Å². The molecule has 4 nitrogen and oxygen atoms in total. The van der Waals surface area contributed by atoms with Gasteiger partial charge in [0.05, 0.1) is 18.8 Å². The van der Waals surface area contributed by atoms with Crippen molar-refractivity contribution in [1.82, 2.24) is 5.32 Å². The molecule has 1 fully saturated rings. The Hall–Kier alpha value is -0.160. The number of ether oxygens (including phenoxy) is 2. The average molecular weight is 301 g/mol. The molecule has 2 N–H and O–H groups in total. The summed E-state index contributed by atoms with van der Waals surface area (Å²) in [5, 5.41) is 13.4. The SMILES string of the molecule is CCCCC(CC)COCC(O)CNC1CCOC(C)C1. The normalized spacial score (nSPS) is 25.7. The second-order valence-corrected chi connectivity index (χ2v) is 6.42. The van der Waals surface area contributed by atoms with Gasteiger partial charge >= 0.3 is 0 Å². The number of rotatable bonds is 11. The molecular formula is C17H35NO3. The molecule has 4 unspecified atom stereocenters. The Morgan fingerprint density at radius 3 is 2.81 bits per heavy atom. The number of aliphatic hydroxyl groups excluding tert-OH is 1. The molecule has 0 radical (unpaired) electrons. The fourth-order valence-electron chi connectivity index (χ4n) is 2.81. The zero-order valence-electron chi connectivity index (χ0n) is 14.1. The van der Waals surface area contributed by atoms with Gasteiger partial charge in [-0.15, -0.1) is 0 Å². The first-order valence-electron chi connectivity index (χ1n) is 8.76. The molecule has 0 saturated carbocycles. The summed E-state index contributed by atoms with van der Waals surface area (Å²) in [7, 11) is 0. The lowest BCUT2D eigenvalue weighted by Gasteiger charge is -2.28. The van der Waals surface area contributed by atoms with Crippen molar-refractivity contribution in [2.45, 2.75) is 77.5 Å². The third-order valence-electron chi connectivity index (χ3n) is 4.33. The van der Waals surface area contributed by atoms with Gasteiger partial charge in [-0.3, -0.25) is 0 Å². The first-order chi connectivity index (χ1) is 10.2. The molecule has 0 amide bonds. The lowest BCUT2D eigenvalue weighted by atomic mass is 10.0.